The molecule has 1 N–H and O–H groups in total. The number of nitrogens with zero attached hydrogens (tertiary/aromatic N) is 3. The molecule has 6 nitrogen and oxygen atoms in total. The van der Waals surface area contributed by atoms with Crippen LogP contribution in [0.15, 0.2) is 18.2 Å². The number of imidazole rings is 1. The summed E-state index contributed by atoms with van der Waals surface area (Å²) in [7, 11) is 5.23. The van der Waals surface area contributed by atoms with E-state index in [0.717, 1.165) is 16.9 Å². The van der Waals surface area contributed by atoms with Crippen molar-refractivity contribution in [3.05, 3.63) is 29.6 Å². The zero-order valence-electron chi connectivity index (χ0n) is 12.1. The van der Waals surface area contributed by atoms with Crippen LogP contribution in [0.25, 0.3) is 11.0 Å². The fourth-order valence-corrected chi connectivity index (χ4v) is 1.88. The fourth-order valence-electron chi connectivity index (χ4n) is 1.88. The topological polar surface area (TPSA) is 67.2 Å². The van der Waals surface area contributed by atoms with Gasteiger partial charge in [-0.3, -0.25) is 9.59 Å². The first kappa shape index (κ1) is 14.0. The number of benzene rings is 1. The van der Waals surface area contributed by atoms with Gasteiger partial charge in [0.2, 0.25) is 5.91 Å². The van der Waals surface area contributed by atoms with Crippen molar-refractivity contribution in [2.75, 3.05) is 20.6 Å². The third-order valence-corrected chi connectivity index (χ3v) is 3.27. The molecule has 2 aromatic rings. The number of carbonyl (C=O) groups is 2. The molecule has 6 heteroatoms. The molecule has 0 unspecified atom stereocenters. The molecule has 0 aliphatic rings. The van der Waals surface area contributed by atoms with E-state index in [1.807, 2.05) is 24.6 Å². The van der Waals surface area contributed by atoms with Crippen LogP contribution in [0.4, 0.5) is 0 Å². The van der Waals surface area contributed by atoms with Crippen LogP contribution >= 0.6 is 0 Å². The molecule has 0 spiro atoms. The van der Waals surface area contributed by atoms with E-state index in [1.54, 1.807) is 26.2 Å². The number of aryl methyl sites for hydroxylation is 2. The lowest BCUT2D eigenvalue weighted by Gasteiger charge is -2.10. The minimum atomic E-state index is -0.273. The molecule has 0 saturated carbocycles. The number of aromatic nitrogens is 2. The molecule has 0 atom stereocenters. The van der Waals surface area contributed by atoms with E-state index in [9.17, 15) is 9.59 Å². The van der Waals surface area contributed by atoms with E-state index in [0.29, 0.717) is 5.56 Å². The van der Waals surface area contributed by atoms with Crippen LogP contribution in [0.3, 0.4) is 0 Å². The normalized spacial score (nSPS) is 10.6. The van der Waals surface area contributed by atoms with Gasteiger partial charge in [-0.2, -0.15) is 0 Å². The van der Waals surface area contributed by atoms with Crippen molar-refractivity contribution in [3.63, 3.8) is 0 Å². The Morgan fingerprint density at radius 2 is 2.05 bits per heavy atom. The van der Waals surface area contributed by atoms with Gasteiger partial charge in [0.25, 0.3) is 5.91 Å². The van der Waals surface area contributed by atoms with Crippen molar-refractivity contribution in [1.82, 2.24) is 19.8 Å². The van der Waals surface area contributed by atoms with E-state index >= 15 is 0 Å². The van der Waals surface area contributed by atoms with Crippen LogP contribution in [0.1, 0.15) is 16.2 Å². The Labute approximate surface area is 117 Å². The summed E-state index contributed by atoms with van der Waals surface area (Å²) in [6, 6.07) is 5.33. The molecule has 0 aliphatic carbocycles. The molecule has 0 saturated heterocycles. The molecular formula is C14H18N4O2. The molecule has 20 heavy (non-hydrogen) atoms. The number of rotatable bonds is 3. The van der Waals surface area contributed by atoms with E-state index in [1.165, 1.54) is 4.90 Å². The lowest BCUT2D eigenvalue weighted by atomic mass is 10.2. The second kappa shape index (κ2) is 5.32. The van der Waals surface area contributed by atoms with Crippen molar-refractivity contribution >= 4 is 22.8 Å². The molecule has 2 rings (SSSR count). The third kappa shape index (κ3) is 2.64. The standard InChI is InChI=1S/C14H18N4O2/c1-9-16-11-7-10(5-6-12(11)18(9)4)14(20)15-8-13(19)17(2)3/h5-7H,8H2,1-4H3,(H,15,20). The van der Waals surface area contributed by atoms with E-state index in [2.05, 4.69) is 10.3 Å². The first-order chi connectivity index (χ1) is 9.40. The molecule has 0 aliphatic heterocycles. The van der Waals surface area contributed by atoms with Gasteiger partial charge >= 0.3 is 0 Å². The van der Waals surface area contributed by atoms with Crippen LogP contribution in [-0.4, -0.2) is 46.9 Å². The lowest BCUT2D eigenvalue weighted by Crippen LogP contribution is -2.36. The summed E-state index contributed by atoms with van der Waals surface area (Å²) < 4.78 is 1.96. The average molecular weight is 274 g/mol. The minimum Gasteiger partial charge on any atom is -0.347 e. The third-order valence-electron chi connectivity index (χ3n) is 3.27. The Morgan fingerprint density at radius 1 is 1.35 bits per heavy atom. The molecule has 1 heterocycles. The predicted molar refractivity (Wildman–Crippen MR) is 76.5 cm³/mol. The van der Waals surface area contributed by atoms with Crippen LogP contribution in [0.2, 0.25) is 0 Å². The number of hydrogen-bond donors (Lipinski definition) is 1. The highest BCUT2D eigenvalue weighted by Gasteiger charge is 2.11. The number of amides is 2. The van der Waals surface area contributed by atoms with Crippen LogP contribution < -0.4 is 5.32 Å². The van der Waals surface area contributed by atoms with Gasteiger partial charge in [0, 0.05) is 26.7 Å². The van der Waals surface area contributed by atoms with Crippen molar-refractivity contribution in [1.29, 1.82) is 0 Å². The molecule has 0 radical (unpaired) electrons. The van der Waals surface area contributed by atoms with Gasteiger partial charge in [0.05, 0.1) is 17.6 Å². The molecule has 1 aromatic carbocycles. The summed E-state index contributed by atoms with van der Waals surface area (Å²) in [4.78, 5) is 29.2. The van der Waals surface area contributed by atoms with Gasteiger partial charge in [-0.1, -0.05) is 0 Å². The summed E-state index contributed by atoms with van der Waals surface area (Å²) in [6.07, 6.45) is 0. The SMILES string of the molecule is Cc1nc2cc(C(=O)NCC(=O)N(C)C)ccc2n1C. The highest BCUT2D eigenvalue weighted by molar-refractivity contribution is 5.99. The summed E-state index contributed by atoms with van der Waals surface area (Å²) >= 11 is 0. The monoisotopic (exact) mass is 274 g/mol. The van der Waals surface area contributed by atoms with Gasteiger partial charge in [0.15, 0.2) is 0 Å². The molecule has 106 valence electrons. The number of hydrogen-bond acceptors (Lipinski definition) is 3. The Kier molecular flexibility index (Phi) is 3.74. The van der Waals surface area contributed by atoms with Crippen molar-refractivity contribution in [2.45, 2.75) is 6.92 Å². The average Bonchev–Trinajstić information content (AvgIpc) is 2.70. The molecule has 0 fully saturated rings. The van der Waals surface area contributed by atoms with Gasteiger partial charge in [-0.25, -0.2) is 4.98 Å². The van der Waals surface area contributed by atoms with Crippen LogP contribution in [-0.2, 0) is 11.8 Å². The lowest BCUT2D eigenvalue weighted by molar-refractivity contribution is -0.127. The summed E-state index contributed by atoms with van der Waals surface area (Å²) in [5.74, 6) is 0.471. The minimum absolute atomic E-state index is 0.00881. The van der Waals surface area contributed by atoms with Crippen molar-refractivity contribution < 1.29 is 9.59 Å². The molecule has 0 bridgehead atoms. The Morgan fingerprint density at radius 3 is 2.70 bits per heavy atom. The largest absolute Gasteiger partial charge is 0.347 e. The van der Waals surface area contributed by atoms with Crippen LogP contribution in [0, 0.1) is 6.92 Å². The van der Waals surface area contributed by atoms with Gasteiger partial charge in [-0.05, 0) is 25.1 Å². The van der Waals surface area contributed by atoms with Gasteiger partial charge < -0.3 is 14.8 Å². The van der Waals surface area contributed by atoms with E-state index < -0.39 is 0 Å². The fraction of sp³-hybridized carbons (Fsp3) is 0.357. The maximum absolute atomic E-state index is 12.0. The zero-order valence-corrected chi connectivity index (χ0v) is 12.1. The van der Waals surface area contributed by atoms with Gasteiger partial charge in [0.1, 0.15) is 5.82 Å². The number of fused-ring (bicyclic) bond motifs is 1. The number of carbonyl (C=O) groups excluding carboxylic acids is 2. The highest BCUT2D eigenvalue weighted by Crippen LogP contribution is 2.16. The van der Waals surface area contributed by atoms with E-state index in [-0.39, 0.29) is 18.4 Å². The predicted octanol–water partition coefficient (Wildman–Crippen LogP) is 0.700. The quantitative estimate of drug-likeness (QED) is 0.896. The van der Waals surface area contributed by atoms with Gasteiger partial charge in [-0.15, -0.1) is 0 Å². The smallest absolute Gasteiger partial charge is 0.251 e. The zero-order chi connectivity index (χ0) is 14.9. The summed E-state index contributed by atoms with van der Waals surface area (Å²) in [5, 5.41) is 2.60. The summed E-state index contributed by atoms with van der Waals surface area (Å²) in [5.41, 5.74) is 2.25. The first-order valence-corrected chi connectivity index (χ1v) is 6.31. The van der Waals surface area contributed by atoms with Crippen molar-refractivity contribution in [2.24, 2.45) is 7.05 Å². The maximum Gasteiger partial charge on any atom is 0.251 e. The van der Waals surface area contributed by atoms with E-state index in [4.69, 9.17) is 0 Å². The number of nitrogens with one attached hydrogen (secondary N) is 1. The summed E-state index contributed by atoms with van der Waals surface area (Å²) in [6.45, 7) is 1.90. The second-order valence-electron chi connectivity index (χ2n) is 4.89. The molecular weight excluding hydrogens is 256 g/mol. The molecule has 1 aromatic heterocycles. The van der Waals surface area contributed by atoms with Crippen molar-refractivity contribution in [3.8, 4) is 0 Å². The van der Waals surface area contributed by atoms with Crippen LogP contribution in [0.5, 0.6) is 0 Å². The highest BCUT2D eigenvalue weighted by atomic mass is 16.2. The Hall–Kier alpha value is -2.37. The first-order valence-electron chi connectivity index (χ1n) is 6.31. The molecule has 2 amide bonds. The number of likely N-dealkylation sites (N-methyl/N-ethyl adjacent to an activating group) is 1. The second-order valence-corrected chi connectivity index (χ2v) is 4.89. The maximum atomic E-state index is 12.0. The Bertz CT molecular complexity index is 673. The Balaban J connectivity index is 2.16.